The minimum atomic E-state index is -0.563. The fraction of sp³-hybridized carbons (Fsp3) is 1.00. The molecule has 1 saturated carbocycles. The molecule has 0 saturated heterocycles. The second kappa shape index (κ2) is 3.56. The Labute approximate surface area is 80.7 Å². The molecule has 0 amide bonds. The molecule has 0 radical (unpaired) electrons. The standard InChI is InChI=1S/C10H22N2O/c1-9(2,3)12-7-10(13)5-4-8(11)6-10/h8,12-13H,4-7,11H2,1-3H3. The summed E-state index contributed by atoms with van der Waals surface area (Å²) in [5.41, 5.74) is 5.27. The van der Waals surface area contributed by atoms with Crippen molar-refractivity contribution in [3.63, 3.8) is 0 Å². The zero-order valence-electron chi connectivity index (χ0n) is 8.93. The predicted octanol–water partition coefficient (Wildman–Crippen LogP) is 0.617. The van der Waals surface area contributed by atoms with Crippen molar-refractivity contribution in [2.24, 2.45) is 5.73 Å². The van der Waals surface area contributed by atoms with E-state index in [0.29, 0.717) is 6.54 Å². The Kier molecular flexibility index (Phi) is 3.00. The molecule has 0 aromatic carbocycles. The molecule has 1 aliphatic rings. The van der Waals surface area contributed by atoms with Crippen LogP contribution in [0.15, 0.2) is 0 Å². The highest BCUT2D eigenvalue weighted by Gasteiger charge is 2.35. The van der Waals surface area contributed by atoms with Crippen LogP contribution in [0.1, 0.15) is 40.0 Å². The van der Waals surface area contributed by atoms with E-state index in [1.165, 1.54) is 0 Å². The number of β-amino-alcohol motifs (C(OH)–C–C–N with tert-alkyl or cyclic N) is 1. The SMILES string of the molecule is CC(C)(C)NCC1(O)CCC(N)C1. The summed E-state index contributed by atoms with van der Waals surface area (Å²) in [5, 5.41) is 13.4. The Hall–Kier alpha value is -0.120. The predicted molar refractivity (Wildman–Crippen MR) is 54.5 cm³/mol. The van der Waals surface area contributed by atoms with Gasteiger partial charge in [-0.3, -0.25) is 0 Å². The average Bonchev–Trinajstić information content (AvgIpc) is 2.27. The van der Waals surface area contributed by atoms with Gasteiger partial charge in [0.1, 0.15) is 0 Å². The van der Waals surface area contributed by atoms with Crippen molar-refractivity contribution >= 4 is 0 Å². The third-order valence-electron chi connectivity index (χ3n) is 2.57. The molecule has 0 aliphatic heterocycles. The largest absolute Gasteiger partial charge is 0.389 e. The molecule has 1 fully saturated rings. The van der Waals surface area contributed by atoms with E-state index in [1.54, 1.807) is 0 Å². The highest BCUT2D eigenvalue weighted by Crippen LogP contribution is 2.28. The van der Waals surface area contributed by atoms with Gasteiger partial charge in [-0.25, -0.2) is 0 Å². The molecule has 78 valence electrons. The molecule has 1 aliphatic carbocycles. The van der Waals surface area contributed by atoms with Gasteiger partial charge >= 0.3 is 0 Å². The van der Waals surface area contributed by atoms with E-state index >= 15 is 0 Å². The summed E-state index contributed by atoms with van der Waals surface area (Å²) in [6, 6.07) is 0.187. The maximum Gasteiger partial charge on any atom is 0.0787 e. The van der Waals surface area contributed by atoms with Crippen LogP contribution in [0.5, 0.6) is 0 Å². The fourth-order valence-electron chi connectivity index (χ4n) is 1.74. The smallest absolute Gasteiger partial charge is 0.0787 e. The van der Waals surface area contributed by atoms with Gasteiger partial charge in [0.15, 0.2) is 0 Å². The van der Waals surface area contributed by atoms with Gasteiger partial charge in [0.2, 0.25) is 0 Å². The number of aliphatic hydroxyl groups is 1. The zero-order valence-corrected chi connectivity index (χ0v) is 8.93. The van der Waals surface area contributed by atoms with Crippen molar-refractivity contribution in [1.82, 2.24) is 5.32 Å². The minimum Gasteiger partial charge on any atom is -0.389 e. The molecule has 1 rings (SSSR count). The van der Waals surface area contributed by atoms with Gasteiger partial charge in [-0.05, 0) is 40.0 Å². The molecule has 0 spiro atoms. The zero-order chi connectivity index (χ0) is 10.1. The van der Waals surface area contributed by atoms with Crippen molar-refractivity contribution in [2.75, 3.05) is 6.54 Å². The van der Waals surface area contributed by atoms with E-state index in [9.17, 15) is 5.11 Å². The van der Waals surface area contributed by atoms with E-state index in [1.807, 2.05) is 0 Å². The average molecular weight is 186 g/mol. The van der Waals surface area contributed by atoms with Crippen LogP contribution < -0.4 is 11.1 Å². The molecular weight excluding hydrogens is 164 g/mol. The lowest BCUT2D eigenvalue weighted by molar-refractivity contribution is 0.0403. The Morgan fingerprint density at radius 2 is 2.15 bits per heavy atom. The number of rotatable bonds is 2. The van der Waals surface area contributed by atoms with E-state index in [-0.39, 0.29) is 11.6 Å². The van der Waals surface area contributed by atoms with E-state index < -0.39 is 5.60 Å². The summed E-state index contributed by atoms with van der Waals surface area (Å²) >= 11 is 0. The number of hydrogen-bond acceptors (Lipinski definition) is 3. The Balaban J connectivity index is 2.36. The maximum absolute atomic E-state index is 10.1. The van der Waals surface area contributed by atoms with Crippen LogP contribution in [0.4, 0.5) is 0 Å². The molecule has 13 heavy (non-hydrogen) atoms. The quantitative estimate of drug-likeness (QED) is 0.592. The van der Waals surface area contributed by atoms with Crippen molar-refractivity contribution in [1.29, 1.82) is 0 Å². The van der Waals surface area contributed by atoms with Crippen molar-refractivity contribution in [3.8, 4) is 0 Å². The molecule has 2 unspecified atom stereocenters. The van der Waals surface area contributed by atoms with Crippen LogP contribution in [-0.2, 0) is 0 Å². The molecule has 3 nitrogen and oxygen atoms in total. The van der Waals surface area contributed by atoms with Gasteiger partial charge in [-0.2, -0.15) is 0 Å². The summed E-state index contributed by atoms with van der Waals surface area (Å²) in [5.74, 6) is 0. The van der Waals surface area contributed by atoms with Crippen LogP contribution in [0.3, 0.4) is 0 Å². The first-order valence-electron chi connectivity index (χ1n) is 5.04. The monoisotopic (exact) mass is 186 g/mol. The Morgan fingerprint density at radius 3 is 2.54 bits per heavy atom. The fourth-order valence-corrected chi connectivity index (χ4v) is 1.74. The first kappa shape index (κ1) is 11.0. The summed E-state index contributed by atoms with van der Waals surface area (Å²) < 4.78 is 0. The minimum absolute atomic E-state index is 0.0718. The maximum atomic E-state index is 10.1. The van der Waals surface area contributed by atoms with Gasteiger partial charge in [-0.15, -0.1) is 0 Å². The summed E-state index contributed by atoms with van der Waals surface area (Å²) in [6.45, 7) is 6.96. The second-order valence-electron chi connectivity index (χ2n) is 5.33. The summed E-state index contributed by atoms with van der Waals surface area (Å²) in [7, 11) is 0. The van der Waals surface area contributed by atoms with Crippen molar-refractivity contribution < 1.29 is 5.11 Å². The molecule has 0 aromatic heterocycles. The van der Waals surface area contributed by atoms with Crippen LogP contribution in [0.2, 0.25) is 0 Å². The van der Waals surface area contributed by atoms with E-state index in [0.717, 1.165) is 19.3 Å². The third kappa shape index (κ3) is 3.63. The molecule has 0 heterocycles. The van der Waals surface area contributed by atoms with E-state index in [4.69, 9.17) is 5.73 Å². The molecule has 2 atom stereocenters. The van der Waals surface area contributed by atoms with Crippen molar-refractivity contribution in [3.05, 3.63) is 0 Å². The highest BCUT2D eigenvalue weighted by molar-refractivity contribution is 4.94. The highest BCUT2D eigenvalue weighted by atomic mass is 16.3. The summed E-state index contributed by atoms with van der Waals surface area (Å²) in [4.78, 5) is 0. The normalized spacial score (nSPS) is 35.3. The molecular formula is C10H22N2O. The third-order valence-corrected chi connectivity index (χ3v) is 2.57. The number of nitrogens with one attached hydrogen (secondary N) is 1. The number of hydrogen-bond donors (Lipinski definition) is 3. The van der Waals surface area contributed by atoms with Crippen molar-refractivity contribution in [2.45, 2.75) is 57.2 Å². The lowest BCUT2D eigenvalue weighted by Crippen LogP contribution is -2.47. The lowest BCUT2D eigenvalue weighted by Gasteiger charge is -2.29. The number of nitrogens with two attached hydrogens (primary N) is 1. The van der Waals surface area contributed by atoms with Gasteiger partial charge < -0.3 is 16.2 Å². The lowest BCUT2D eigenvalue weighted by atomic mass is 10.00. The second-order valence-corrected chi connectivity index (χ2v) is 5.33. The van der Waals surface area contributed by atoms with Gasteiger partial charge in [0, 0.05) is 18.1 Å². The topological polar surface area (TPSA) is 58.3 Å². The van der Waals surface area contributed by atoms with Gasteiger partial charge in [0.05, 0.1) is 5.60 Å². The van der Waals surface area contributed by atoms with Crippen LogP contribution in [0.25, 0.3) is 0 Å². The van der Waals surface area contributed by atoms with Gasteiger partial charge in [-0.1, -0.05) is 0 Å². The molecule has 4 N–H and O–H groups in total. The summed E-state index contributed by atoms with van der Waals surface area (Å²) in [6.07, 6.45) is 2.51. The van der Waals surface area contributed by atoms with Crippen LogP contribution >= 0.6 is 0 Å². The van der Waals surface area contributed by atoms with E-state index in [2.05, 4.69) is 26.1 Å². The molecule has 0 bridgehead atoms. The molecule has 3 heteroatoms. The first-order valence-corrected chi connectivity index (χ1v) is 5.04. The Bertz CT molecular complexity index is 176. The van der Waals surface area contributed by atoms with Crippen LogP contribution in [0, 0.1) is 0 Å². The molecule has 0 aromatic rings. The van der Waals surface area contributed by atoms with Crippen LogP contribution in [-0.4, -0.2) is 28.8 Å². The first-order chi connectivity index (χ1) is 5.81. The Morgan fingerprint density at radius 1 is 1.54 bits per heavy atom. The van der Waals surface area contributed by atoms with Gasteiger partial charge in [0.25, 0.3) is 0 Å².